The van der Waals surface area contributed by atoms with Gasteiger partial charge < -0.3 is 4.90 Å². The number of hydrazone groups is 1. The molecule has 0 aliphatic carbocycles. The maximum absolute atomic E-state index is 12.9. The fourth-order valence-electron chi connectivity index (χ4n) is 4.80. The molecule has 0 unspecified atom stereocenters. The van der Waals surface area contributed by atoms with Gasteiger partial charge in [-0.3, -0.25) is 9.52 Å². The fourth-order valence-corrected chi connectivity index (χ4v) is 5.93. The number of anilines is 2. The van der Waals surface area contributed by atoms with Crippen LogP contribution in [0.25, 0.3) is 5.69 Å². The third-order valence-electron chi connectivity index (χ3n) is 6.90. The Morgan fingerprint density at radius 3 is 2.33 bits per heavy atom. The lowest BCUT2D eigenvalue weighted by Crippen LogP contribution is -2.23. The molecule has 40 heavy (non-hydrogen) atoms. The summed E-state index contributed by atoms with van der Waals surface area (Å²) in [5, 5.41) is 8.99. The van der Waals surface area contributed by atoms with E-state index in [9.17, 15) is 13.2 Å². The minimum atomic E-state index is -3.81. The number of aromatic nitrogens is 2. The van der Waals surface area contributed by atoms with Crippen LogP contribution >= 0.6 is 0 Å². The van der Waals surface area contributed by atoms with Gasteiger partial charge in [0.15, 0.2) is 0 Å². The van der Waals surface area contributed by atoms with Crippen molar-refractivity contribution in [2.75, 3.05) is 22.7 Å². The molecule has 1 amide bonds. The maximum atomic E-state index is 12.9. The molecule has 5 rings (SSSR count). The Balaban J connectivity index is 1.31. The molecule has 206 valence electrons. The fraction of sp³-hybridized carbons (Fsp3) is 0.233. The standard InChI is InChI=1S/C30H32N6O3S/c1-21-11-16-28(22(2)19-21)34-40(38,39)26-14-12-24(13-15-26)29(37)32-31-20-27-23(3)33-36(25-9-5-4-6-10-25)30(27)35-17-7-8-18-35/h4-6,9-16,19-20,34H,7-8,17-18H2,1-3H3,(H,32,37). The number of amides is 1. The quantitative estimate of drug-likeness (QED) is 0.236. The van der Waals surface area contributed by atoms with Crippen LogP contribution in [-0.2, 0) is 10.0 Å². The highest BCUT2D eigenvalue weighted by Crippen LogP contribution is 2.29. The molecule has 0 saturated carbocycles. The number of hydrogen-bond acceptors (Lipinski definition) is 6. The highest BCUT2D eigenvalue weighted by atomic mass is 32.2. The zero-order valence-electron chi connectivity index (χ0n) is 22.8. The lowest BCUT2D eigenvalue weighted by molar-refractivity contribution is 0.0955. The lowest BCUT2D eigenvalue weighted by Gasteiger charge is -2.20. The van der Waals surface area contributed by atoms with Crippen molar-refractivity contribution in [2.45, 2.75) is 38.5 Å². The molecule has 4 aromatic rings. The van der Waals surface area contributed by atoms with Gasteiger partial charge >= 0.3 is 0 Å². The normalized spacial score (nSPS) is 13.6. The minimum Gasteiger partial charge on any atom is -0.356 e. The van der Waals surface area contributed by atoms with Crippen LogP contribution in [0.5, 0.6) is 0 Å². The molecule has 1 aliphatic heterocycles. The Morgan fingerprint density at radius 1 is 0.950 bits per heavy atom. The predicted octanol–water partition coefficient (Wildman–Crippen LogP) is 4.96. The highest BCUT2D eigenvalue weighted by Gasteiger charge is 2.23. The molecule has 1 fully saturated rings. The van der Waals surface area contributed by atoms with Gasteiger partial charge in [0.1, 0.15) is 5.82 Å². The number of aryl methyl sites for hydroxylation is 3. The third kappa shape index (κ3) is 5.76. The molecule has 10 heteroatoms. The average Bonchev–Trinajstić information content (AvgIpc) is 3.59. The zero-order chi connectivity index (χ0) is 28.3. The molecule has 2 heterocycles. The number of carbonyl (C=O) groups excluding carboxylic acids is 1. The van der Waals surface area contributed by atoms with Crippen LogP contribution in [0.1, 0.15) is 45.6 Å². The van der Waals surface area contributed by atoms with E-state index < -0.39 is 15.9 Å². The van der Waals surface area contributed by atoms with Crippen molar-refractivity contribution in [3.63, 3.8) is 0 Å². The number of benzene rings is 3. The van der Waals surface area contributed by atoms with Crippen molar-refractivity contribution in [3.8, 4) is 5.69 Å². The summed E-state index contributed by atoms with van der Waals surface area (Å²) >= 11 is 0. The molecule has 1 aromatic heterocycles. The average molecular weight is 557 g/mol. The number of sulfonamides is 1. The lowest BCUT2D eigenvalue weighted by atomic mass is 10.1. The summed E-state index contributed by atoms with van der Waals surface area (Å²) in [6.07, 6.45) is 3.84. The van der Waals surface area contributed by atoms with Crippen molar-refractivity contribution < 1.29 is 13.2 Å². The Labute approximate surface area is 234 Å². The van der Waals surface area contributed by atoms with Gasteiger partial charge in [-0.2, -0.15) is 10.2 Å². The van der Waals surface area contributed by atoms with E-state index in [1.54, 1.807) is 12.3 Å². The van der Waals surface area contributed by atoms with Crippen LogP contribution in [0.3, 0.4) is 0 Å². The van der Waals surface area contributed by atoms with E-state index in [0.29, 0.717) is 11.3 Å². The van der Waals surface area contributed by atoms with Gasteiger partial charge in [-0.1, -0.05) is 35.9 Å². The second-order valence-corrected chi connectivity index (χ2v) is 11.6. The first kappa shape index (κ1) is 27.1. The van der Waals surface area contributed by atoms with Crippen LogP contribution in [0.15, 0.2) is 82.8 Å². The summed E-state index contributed by atoms with van der Waals surface area (Å²) in [4.78, 5) is 15.1. The van der Waals surface area contributed by atoms with E-state index in [1.165, 1.54) is 24.3 Å². The number of carbonyl (C=O) groups is 1. The van der Waals surface area contributed by atoms with E-state index in [-0.39, 0.29) is 4.90 Å². The third-order valence-corrected chi connectivity index (χ3v) is 8.28. The molecule has 0 bridgehead atoms. The summed E-state index contributed by atoms with van der Waals surface area (Å²) in [6, 6.07) is 21.2. The van der Waals surface area contributed by atoms with E-state index in [1.807, 2.05) is 67.9 Å². The van der Waals surface area contributed by atoms with Gasteiger partial charge in [-0.25, -0.2) is 18.5 Å². The Kier molecular flexibility index (Phi) is 7.70. The molecular formula is C30H32N6O3S. The molecule has 0 radical (unpaired) electrons. The number of hydrogen-bond donors (Lipinski definition) is 2. The van der Waals surface area contributed by atoms with E-state index in [2.05, 4.69) is 20.1 Å². The van der Waals surface area contributed by atoms with Crippen LogP contribution < -0.4 is 15.0 Å². The molecule has 3 aromatic carbocycles. The van der Waals surface area contributed by atoms with Gasteiger partial charge in [-0.05, 0) is 81.6 Å². The SMILES string of the molecule is Cc1ccc(NS(=O)(=O)c2ccc(C(=O)NN=Cc3c(C)nn(-c4ccccc4)c3N3CCCC3)cc2)c(C)c1. The van der Waals surface area contributed by atoms with Gasteiger partial charge in [0.05, 0.1) is 33.7 Å². The van der Waals surface area contributed by atoms with E-state index in [0.717, 1.165) is 59.8 Å². The molecular weight excluding hydrogens is 524 g/mol. The highest BCUT2D eigenvalue weighted by molar-refractivity contribution is 7.92. The Hall–Kier alpha value is -4.44. The second kappa shape index (κ2) is 11.4. The van der Waals surface area contributed by atoms with Crippen molar-refractivity contribution >= 4 is 33.7 Å². The Bertz CT molecular complexity index is 1660. The smallest absolute Gasteiger partial charge is 0.271 e. The van der Waals surface area contributed by atoms with Crippen molar-refractivity contribution in [3.05, 3.63) is 101 Å². The summed E-state index contributed by atoms with van der Waals surface area (Å²) in [5.41, 5.74) is 7.84. The van der Waals surface area contributed by atoms with E-state index in [4.69, 9.17) is 5.10 Å². The number of para-hydroxylation sites is 1. The summed E-state index contributed by atoms with van der Waals surface area (Å²) < 4.78 is 30.3. The topological polar surface area (TPSA) is 109 Å². The van der Waals surface area contributed by atoms with Crippen LogP contribution in [-0.4, -0.2) is 43.4 Å². The van der Waals surface area contributed by atoms with Gasteiger partial charge in [0, 0.05) is 18.7 Å². The van der Waals surface area contributed by atoms with Gasteiger partial charge in [-0.15, -0.1) is 0 Å². The molecule has 0 atom stereocenters. The zero-order valence-corrected chi connectivity index (χ0v) is 23.6. The summed E-state index contributed by atoms with van der Waals surface area (Å²) in [7, 11) is -3.81. The number of nitrogens with zero attached hydrogens (tertiary/aromatic N) is 4. The number of nitrogens with one attached hydrogen (secondary N) is 2. The maximum Gasteiger partial charge on any atom is 0.271 e. The van der Waals surface area contributed by atoms with Crippen molar-refractivity contribution in [2.24, 2.45) is 5.10 Å². The Morgan fingerprint density at radius 2 is 1.65 bits per heavy atom. The minimum absolute atomic E-state index is 0.0618. The first-order valence-electron chi connectivity index (χ1n) is 13.2. The largest absolute Gasteiger partial charge is 0.356 e. The van der Waals surface area contributed by atoms with Crippen LogP contribution in [0, 0.1) is 20.8 Å². The van der Waals surface area contributed by atoms with Gasteiger partial charge in [0.2, 0.25) is 0 Å². The monoisotopic (exact) mass is 556 g/mol. The molecule has 2 N–H and O–H groups in total. The molecule has 9 nitrogen and oxygen atoms in total. The predicted molar refractivity (Wildman–Crippen MR) is 158 cm³/mol. The molecule has 1 aliphatic rings. The molecule has 1 saturated heterocycles. The van der Waals surface area contributed by atoms with Gasteiger partial charge in [0.25, 0.3) is 15.9 Å². The first-order valence-corrected chi connectivity index (χ1v) is 14.6. The van der Waals surface area contributed by atoms with E-state index >= 15 is 0 Å². The summed E-state index contributed by atoms with van der Waals surface area (Å²) in [6.45, 7) is 7.58. The second-order valence-electron chi connectivity index (χ2n) is 9.91. The van der Waals surface area contributed by atoms with Crippen molar-refractivity contribution in [1.29, 1.82) is 0 Å². The first-order chi connectivity index (χ1) is 19.2. The number of rotatable bonds is 8. The van der Waals surface area contributed by atoms with Crippen molar-refractivity contribution in [1.82, 2.24) is 15.2 Å². The van der Waals surface area contributed by atoms with Crippen LogP contribution in [0.4, 0.5) is 11.5 Å². The molecule has 0 spiro atoms. The summed E-state index contributed by atoms with van der Waals surface area (Å²) in [5.74, 6) is 0.503. The van der Waals surface area contributed by atoms with Crippen LogP contribution in [0.2, 0.25) is 0 Å².